The molecule has 1 aliphatic heterocycles. The van der Waals surface area contributed by atoms with Crippen molar-refractivity contribution in [2.45, 2.75) is 13.0 Å². The van der Waals surface area contributed by atoms with Crippen molar-refractivity contribution in [3.8, 4) is 0 Å². The zero-order chi connectivity index (χ0) is 24.6. The maximum atomic E-state index is 14.4. The van der Waals surface area contributed by atoms with Crippen molar-refractivity contribution < 1.29 is 23.5 Å². The van der Waals surface area contributed by atoms with Crippen molar-refractivity contribution in [1.82, 2.24) is 4.57 Å². The van der Waals surface area contributed by atoms with Crippen molar-refractivity contribution in [2.24, 2.45) is 4.99 Å². The van der Waals surface area contributed by atoms with E-state index in [1.165, 1.54) is 43.1 Å². The Hall–Kier alpha value is -3.56. The van der Waals surface area contributed by atoms with E-state index >= 15 is 0 Å². The fraction of sp³-hybridized carbons (Fsp3) is 0.167. The van der Waals surface area contributed by atoms with Gasteiger partial charge < -0.3 is 9.47 Å². The summed E-state index contributed by atoms with van der Waals surface area (Å²) in [7, 11) is 2.52. The fourth-order valence-electron chi connectivity index (χ4n) is 3.71. The highest BCUT2D eigenvalue weighted by Crippen LogP contribution is 2.31. The Labute approximate surface area is 202 Å². The first-order valence-electron chi connectivity index (χ1n) is 10.00. The van der Waals surface area contributed by atoms with Crippen LogP contribution in [0.5, 0.6) is 0 Å². The van der Waals surface area contributed by atoms with Gasteiger partial charge in [0.05, 0.1) is 46.7 Å². The predicted molar refractivity (Wildman–Crippen MR) is 125 cm³/mol. The molecule has 2 aromatic carbocycles. The van der Waals surface area contributed by atoms with Crippen molar-refractivity contribution in [1.29, 1.82) is 0 Å². The summed E-state index contributed by atoms with van der Waals surface area (Å²) >= 11 is 7.19. The van der Waals surface area contributed by atoms with Gasteiger partial charge in [0.15, 0.2) is 4.80 Å². The SMILES string of the molecule is COC(=O)C1=C(C)N=c2s/c(=C/c3c(F)cccc3Cl)c(=O)n2[C@@H]1c1ccc(C(=O)OC)cc1. The third-order valence-corrected chi connectivity index (χ3v) is 6.66. The molecule has 4 rings (SSSR count). The number of benzene rings is 2. The van der Waals surface area contributed by atoms with E-state index in [0.29, 0.717) is 21.6 Å². The van der Waals surface area contributed by atoms with E-state index in [1.54, 1.807) is 31.2 Å². The summed E-state index contributed by atoms with van der Waals surface area (Å²) in [6.45, 7) is 1.65. The van der Waals surface area contributed by atoms with Crippen LogP contribution in [0.15, 0.2) is 63.5 Å². The quantitative estimate of drug-likeness (QED) is 0.514. The monoisotopic (exact) mass is 500 g/mol. The second-order valence-corrected chi connectivity index (χ2v) is 8.74. The Morgan fingerprint density at radius 2 is 1.79 bits per heavy atom. The molecular weight excluding hydrogens is 483 g/mol. The van der Waals surface area contributed by atoms with Crippen molar-refractivity contribution in [3.05, 3.63) is 101 Å². The molecule has 0 fully saturated rings. The van der Waals surface area contributed by atoms with E-state index in [2.05, 4.69) is 4.99 Å². The number of ether oxygens (including phenoxy) is 2. The number of hydrogen-bond donors (Lipinski definition) is 0. The largest absolute Gasteiger partial charge is 0.466 e. The van der Waals surface area contributed by atoms with Gasteiger partial charge in [-0.25, -0.2) is 19.0 Å². The molecule has 7 nitrogen and oxygen atoms in total. The number of allylic oxidation sites excluding steroid dienone is 1. The third kappa shape index (κ3) is 4.08. The average molecular weight is 501 g/mol. The first-order chi connectivity index (χ1) is 16.3. The molecule has 10 heteroatoms. The zero-order valence-electron chi connectivity index (χ0n) is 18.3. The van der Waals surface area contributed by atoms with Crippen LogP contribution >= 0.6 is 22.9 Å². The number of carbonyl (C=O) groups is 2. The highest BCUT2D eigenvalue weighted by atomic mass is 35.5. The Bertz CT molecular complexity index is 1500. The topological polar surface area (TPSA) is 87.0 Å². The Balaban J connectivity index is 1.96. The molecular formula is C24H18ClFN2O5S. The van der Waals surface area contributed by atoms with Gasteiger partial charge in [0.2, 0.25) is 0 Å². The van der Waals surface area contributed by atoms with Gasteiger partial charge in [-0.3, -0.25) is 9.36 Å². The molecule has 0 unspecified atom stereocenters. The molecule has 34 heavy (non-hydrogen) atoms. The lowest BCUT2D eigenvalue weighted by Gasteiger charge is -2.24. The summed E-state index contributed by atoms with van der Waals surface area (Å²) in [5.41, 5.74) is 1.03. The number of methoxy groups -OCH3 is 2. The molecule has 0 amide bonds. The normalized spacial score (nSPS) is 15.6. The van der Waals surface area contributed by atoms with Crippen LogP contribution in [0, 0.1) is 5.82 Å². The summed E-state index contributed by atoms with van der Waals surface area (Å²) < 4.78 is 25.6. The summed E-state index contributed by atoms with van der Waals surface area (Å²) in [5, 5.41) is 0.159. The standard InChI is InChI=1S/C24H18ClFN2O5S/c1-12-19(23(31)33-3)20(13-7-9-14(10-8-13)22(30)32-2)28-21(29)18(34-24(28)27-12)11-15-16(25)5-4-6-17(15)26/h4-11,20H,1-3H3/b18-11+/t20-/m1/s1. The average Bonchev–Trinajstić information content (AvgIpc) is 3.14. The lowest BCUT2D eigenvalue weighted by atomic mass is 9.95. The number of hydrogen-bond acceptors (Lipinski definition) is 7. The molecule has 1 aromatic heterocycles. The Morgan fingerprint density at radius 3 is 2.41 bits per heavy atom. The molecule has 2 heterocycles. The van der Waals surface area contributed by atoms with E-state index in [9.17, 15) is 18.8 Å². The molecule has 0 aliphatic carbocycles. The molecule has 0 spiro atoms. The van der Waals surface area contributed by atoms with E-state index < -0.39 is 29.4 Å². The van der Waals surface area contributed by atoms with Crippen LogP contribution in [0.1, 0.15) is 34.5 Å². The fourth-order valence-corrected chi connectivity index (χ4v) is 4.95. The van der Waals surface area contributed by atoms with Crippen LogP contribution in [0.3, 0.4) is 0 Å². The summed E-state index contributed by atoms with van der Waals surface area (Å²) in [5.74, 6) is -1.73. The number of carbonyl (C=O) groups excluding carboxylic acids is 2. The second-order valence-electron chi connectivity index (χ2n) is 7.32. The van der Waals surface area contributed by atoms with Crippen LogP contribution in [-0.4, -0.2) is 30.7 Å². The highest BCUT2D eigenvalue weighted by Gasteiger charge is 2.33. The van der Waals surface area contributed by atoms with E-state index in [1.807, 2.05) is 0 Å². The molecule has 0 bridgehead atoms. The van der Waals surface area contributed by atoms with Crippen molar-refractivity contribution in [3.63, 3.8) is 0 Å². The Kier molecular flexibility index (Phi) is 6.49. The van der Waals surface area contributed by atoms with Gasteiger partial charge >= 0.3 is 11.9 Å². The van der Waals surface area contributed by atoms with Crippen LogP contribution in [-0.2, 0) is 14.3 Å². The van der Waals surface area contributed by atoms with Gasteiger partial charge in [0, 0.05) is 5.56 Å². The number of aromatic nitrogens is 1. The number of nitrogens with zero attached hydrogens (tertiary/aromatic N) is 2. The van der Waals surface area contributed by atoms with Crippen LogP contribution in [0.2, 0.25) is 5.02 Å². The van der Waals surface area contributed by atoms with Crippen LogP contribution in [0.4, 0.5) is 4.39 Å². The maximum absolute atomic E-state index is 14.4. The molecule has 3 aromatic rings. The first kappa shape index (κ1) is 23.6. The molecule has 0 radical (unpaired) electrons. The number of esters is 2. The van der Waals surface area contributed by atoms with Crippen LogP contribution < -0.4 is 14.9 Å². The Morgan fingerprint density at radius 1 is 1.12 bits per heavy atom. The van der Waals surface area contributed by atoms with Crippen molar-refractivity contribution >= 4 is 41.0 Å². The number of thiazole rings is 1. The number of fused-ring (bicyclic) bond motifs is 1. The minimum absolute atomic E-state index is 0.0808. The molecule has 1 aliphatic rings. The predicted octanol–water partition coefficient (Wildman–Crippen LogP) is 2.99. The maximum Gasteiger partial charge on any atom is 0.338 e. The molecule has 1 atom stereocenters. The van der Waals surface area contributed by atoms with Gasteiger partial charge in [0.1, 0.15) is 5.82 Å². The number of halogens is 2. The second kappa shape index (κ2) is 9.36. The first-order valence-corrected chi connectivity index (χ1v) is 11.2. The van der Waals surface area contributed by atoms with E-state index in [4.69, 9.17) is 21.1 Å². The minimum atomic E-state index is -0.867. The molecule has 0 N–H and O–H groups in total. The summed E-state index contributed by atoms with van der Waals surface area (Å²) in [4.78, 5) is 42.8. The summed E-state index contributed by atoms with van der Waals surface area (Å²) in [6.07, 6.45) is 1.37. The smallest absolute Gasteiger partial charge is 0.338 e. The number of rotatable bonds is 4. The van der Waals surface area contributed by atoms with Gasteiger partial charge in [-0.1, -0.05) is 41.1 Å². The summed E-state index contributed by atoms with van der Waals surface area (Å²) in [6, 6.07) is 9.72. The van der Waals surface area contributed by atoms with Gasteiger partial charge in [-0.15, -0.1) is 0 Å². The lowest BCUT2D eigenvalue weighted by molar-refractivity contribution is -0.136. The minimum Gasteiger partial charge on any atom is -0.466 e. The molecule has 0 saturated carbocycles. The van der Waals surface area contributed by atoms with Gasteiger partial charge in [0.25, 0.3) is 5.56 Å². The highest BCUT2D eigenvalue weighted by molar-refractivity contribution is 7.07. The lowest BCUT2D eigenvalue weighted by Crippen LogP contribution is -2.39. The van der Waals surface area contributed by atoms with Crippen molar-refractivity contribution in [2.75, 3.05) is 14.2 Å². The molecule has 0 saturated heterocycles. The third-order valence-electron chi connectivity index (χ3n) is 5.35. The van der Waals surface area contributed by atoms with Gasteiger partial charge in [-0.2, -0.15) is 0 Å². The van der Waals surface area contributed by atoms with E-state index in [0.717, 1.165) is 11.3 Å². The van der Waals surface area contributed by atoms with E-state index in [-0.39, 0.29) is 20.7 Å². The van der Waals surface area contributed by atoms with Crippen LogP contribution in [0.25, 0.3) is 6.08 Å². The zero-order valence-corrected chi connectivity index (χ0v) is 19.9. The molecule has 174 valence electrons. The van der Waals surface area contributed by atoms with Gasteiger partial charge in [-0.05, 0) is 42.8 Å².